The lowest BCUT2D eigenvalue weighted by molar-refractivity contribution is -0.154. The number of aromatic nitrogens is 1. The Morgan fingerprint density at radius 1 is 0.750 bits per heavy atom. The highest BCUT2D eigenvalue weighted by atomic mass is 15.7. The third-order valence-corrected chi connectivity index (χ3v) is 10.6. The molecule has 3 aliphatic heterocycles. The second-order valence-electron chi connectivity index (χ2n) is 12.9. The molecule has 0 amide bonds. The number of allylic oxidation sites excluding steroid dienone is 6. The highest BCUT2D eigenvalue weighted by Gasteiger charge is 2.53. The number of nitrogens with one attached hydrogen (secondary N) is 2. The van der Waals surface area contributed by atoms with E-state index in [2.05, 4.69) is 152 Å². The molecule has 216 valence electrons. The molecule has 3 aliphatic carbocycles. The van der Waals surface area contributed by atoms with Crippen molar-refractivity contribution in [2.45, 2.75) is 55.9 Å². The topological polar surface area (TPSA) is 35.5 Å². The molecule has 4 aromatic rings. The lowest BCUT2D eigenvalue weighted by Gasteiger charge is -2.64. The van der Waals surface area contributed by atoms with Gasteiger partial charge in [0.25, 0.3) is 0 Å². The number of benzene rings is 3. The number of nitrogens with zero attached hydrogens (tertiary/aromatic N) is 3. The Bertz CT molecular complexity index is 2010. The molecule has 2 fully saturated rings. The van der Waals surface area contributed by atoms with Crippen molar-refractivity contribution in [2.75, 3.05) is 4.90 Å². The molecule has 6 aliphatic rings. The first-order valence-corrected chi connectivity index (χ1v) is 16.1. The molecule has 1 aromatic heterocycles. The van der Waals surface area contributed by atoms with Crippen LogP contribution in [0.3, 0.4) is 0 Å². The Morgan fingerprint density at radius 2 is 1.61 bits per heavy atom. The highest BCUT2D eigenvalue weighted by molar-refractivity contribution is 6.11. The fourth-order valence-electron chi connectivity index (χ4n) is 8.53. The number of rotatable bonds is 4. The van der Waals surface area contributed by atoms with Crippen molar-refractivity contribution < 1.29 is 0 Å². The lowest BCUT2D eigenvalue weighted by atomic mass is 9.89. The van der Waals surface area contributed by atoms with Crippen LogP contribution in [-0.2, 0) is 0 Å². The SMILES string of the molecule is C1=CC2c3cc4c5ccccc5n(-c5ccccc5)c4cc3N(C3C=CC=C(C4N[C@H]5NC(C6=CCCC=C6)N45)C3)C2C=C1. The lowest BCUT2D eigenvalue weighted by Crippen LogP contribution is -2.89. The molecular formula is C39H35N5. The third kappa shape index (κ3) is 3.52. The number of fused-ring (bicyclic) bond motifs is 7. The Morgan fingerprint density at radius 3 is 2.50 bits per heavy atom. The third-order valence-electron chi connectivity index (χ3n) is 10.6. The van der Waals surface area contributed by atoms with Crippen LogP contribution in [0, 0.1) is 0 Å². The normalized spacial score (nSPS) is 30.0. The molecule has 10 rings (SSSR count). The predicted molar refractivity (Wildman–Crippen MR) is 180 cm³/mol. The monoisotopic (exact) mass is 573 g/mol. The number of hydrogen-bond acceptors (Lipinski definition) is 4. The largest absolute Gasteiger partial charge is 0.357 e. The average molecular weight is 574 g/mol. The summed E-state index contributed by atoms with van der Waals surface area (Å²) in [5, 5.41) is 10.1. The quantitative estimate of drug-likeness (QED) is 0.272. The van der Waals surface area contributed by atoms with Gasteiger partial charge >= 0.3 is 0 Å². The Kier molecular flexibility index (Phi) is 5.41. The molecule has 2 saturated heterocycles. The van der Waals surface area contributed by atoms with Crippen molar-refractivity contribution in [1.29, 1.82) is 0 Å². The fourth-order valence-corrected chi connectivity index (χ4v) is 8.53. The number of para-hydroxylation sites is 2. The summed E-state index contributed by atoms with van der Waals surface area (Å²) < 4.78 is 2.45. The molecule has 0 saturated carbocycles. The van der Waals surface area contributed by atoms with Gasteiger partial charge < -0.3 is 9.47 Å². The minimum atomic E-state index is 0.276. The van der Waals surface area contributed by atoms with Crippen molar-refractivity contribution >= 4 is 27.5 Å². The molecule has 0 spiro atoms. The van der Waals surface area contributed by atoms with Gasteiger partial charge in [-0.15, -0.1) is 0 Å². The Hall–Kier alpha value is -4.42. The van der Waals surface area contributed by atoms with Gasteiger partial charge in [0.1, 0.15) is 6.29 Å². The van der Waals surface area contributed by atoms with Gasteiger partial charge in [-0.2, -0.15) is 0 Å². The van der Waals surface area contributed by atoms with E-state index in [1.807, 2.05) is 0 Å². The second-order valence-corrected chi connectivity index (χ2v) is 12.9. The zero-order valence-corrected chi connectivity index (χ0v) is 24.6. The van der Waals surface area contributed by atoms with Crippen LogP contribution in [-0.4, -0.2) is 40.2 Å². The number of hydrogen-bond donors (Lipinski definition) is 2. The zero-order valence-electron chi connectivity index (χ0n) is 24.6. The first kappa shape index (κ1) is 25.0. The molecule has 5 nitrogen and oxygen atoms in total. The van der Waals surface area contributed by atoms with Gasteiger partial charge in [-0.1, -0.05) is 97.2 Å². The van der Waals surface area contributed by atoms with E-state index < -0.39 is 0 Å². The maximum absolute atomic E-state index is 3.78. The van der Waals surface area contributed by atoms with E-state index in [1.165, 1.54) is 49.9 Å². The molecule has 5 heteroatoms. The van der Waals surface area contributed by atoms with E-state index in [0.717, 1.165) is 19.3 Å². The Balaban J connectivity index is 1.05. The first-order chi connectivity index (χ1) is 21.8. The van der Waals surface area contributed by atoms with Crippen LogP contribution in [0.2, 0.25) is 0 Å². The molecule has 0 bridgehead atoms. The molecule has 5 unspecified atom stereocenters. The first-order valence-electron chi connectivity index (χ1n) is 16.1. The molecule has 44 heavy (non-hydrogen) atoms. The van der Waals surface area contributed by atoms with Crippen molar-refractivity contribution in [3.63, 3.8) is 0 Å². The van der Waals surface area contributed by atoms with Crippen molar-refractivity contribution in [1.82, 2.24) is 20.1 Å². The summed E-state index contributed by atoms with van der Waals surface area (Å²) in [6.07, 6.45) is 27.6. The Labute approximate surface area is 257 Å². The predicted octanol–water partition coefficient (Wildman–Crippen LogP) is 7.16. The fraction of sp³-hybridized carbons (Fsp3) is 0.231. The van der Waals surface area contributed by atoms with Gasteiger partial charge in [0.15, 0.2) is 0 Å². The molecule has 0 radical (unpaired) electrons. The summed E-state index contributed by atoms with van der Waals surface area (Å²) in [6.45, 7) is 0. The second kappa shape index (κ2) is 9.54. The van der Waals surface area contributed by atoms with E-state index in [9.17, 15) is 0 Å². The van der Waals surface area contributed by atoms with E-state index >= 15 is 0 Å². The van der Waals surface area contributed by atoms with E-state index in [-0.39, 0.29) is 18.5 Å². The van der Waals surface area contributed by atoms with Crippen molar-refractivity contribution in [2.24, 2.45) is 0 Å². The maximum atomic E-state index is 3.78. The van der Waals surface area contributed by atoms with Crippen LogP contribution in [0.4, 0.5) is 5.69 Å². The molecule has 3 aromatic carbocycles. The van der Waals surface area contributed by atoms with Gasteiger partial charge in [-0.3, -0.25) is 10.6 Å². The van der Waals surface area contributed by atoms with Crippen LogP contribution in [0.5, 0.6) is 0 Å². The van der Waals surface area contributed by atoms with E-state index in [0.29, 0.717) is 18.1 Å². The van der Waals surface area contributed by atoms with Gasteiger partial charge in [0.05, 0.1) is 35.4 Å². The molecule has 6 atom stereocenters. The average Bonchev–Trinajstić information content (AvgIpc) is 3.57. The van der Waals surface area contributed by atoms with Crippen LogP contribution in [0.1, 0.15) is 30.7 Å². The van der Waals surface area contributed by atoms with Gasteiger partial charge in [0, 0.05) is 28.1 Å². The van der Waals surface area contributed by atoms with Crippen molar-refractivity contribution in [3.8, 4) is 5.69 Å². The van der Waals surface area contributed by atoms with Crippen LogP contribution >= 0.6 is 0 Å². The smallest absolute Gasteiger partial charge is 0.120 e. The maximum Gasteiger partial charge on any atom is 0.120 e. The molecule has 2 N–H and O–H groups in total. The summed E-state index contributed by atoms with van der Waals surface area (Å²) in [4.78, 5) is 5.32. The van der Waals surface area contributed by atoms with Gasteiger partial charge in [-0.25, -0.2) is 4.90 Å². The number of anilines is 1. The van der Waals surface area contributed by atoms with Gasteiger partial charge in [-0.05, 0) is 66.3 Å². The van der Waals surface area contributed by atoms with Crippen LogP contribution in [0.15, 0.2) is 139 Å². The minimum absolute atomic E-state index is 0.276. The summed E-state index contributed by atoms with van der Waals surface area (Å²) in [5.74, 6) is 0.348. The molecular weight excluding hydrogens is 538 g/mol. The van der Waals surface area contributed by atoms with Crippen molar-refractivity contribution in [3.05, 3.63) is 144 Å². The van der Waals surface area contributed by atoms with E-state index in [4.69, 9.17) is 0 Å². The van der Waals surface area contributed by atoms with E-state index in [1.54, 1.807) is 0 Å². The summed E-state index contributed by atoms with van der Waals surface area (Å²) in [7, 11) is 0. The highest BCUT2D eigenvalue weighted by Crippen LogP contribution is 2.49. The van der Waals surface area contributed by atoms with Crippen LogP contribution in [0.25, 0.3) is 27.5 Å². The zero-order chi connectivity index (χ0) is 28.8. The summed E-state index contributed by atoms with van der Waals surface area (Å²) >= 11 is 0. The summed E-state index contributed by atoms with van der Waals surface area (Å²) in [6, 6.07) is 25.3. The summed E-state index contributed by atoms with van der Waals surface area (Å²) in [5.41, 5.74) is 9.42. The van der Waals surface area contributed by atoms with Gasteiger partial charge in [0.2, 0.25) is 0 Å². The molecule has 4 heterocycles. The minimum Gasteiger partial charge on any atom is -0.357 e. The van der Waals surface area contributed by atoms with Crippen LogP contribution < -0.4 is 15.5 Å². The standard InChI is InChI=1S/C39H35N5/c1-3-12-25(13-4-1)37-40-39-41-38(44(37)39)26-14-11-17-28(22-26)43-34-21-10-8-19-30(34)32-23-31-29-18-7-9-20-33(29)42(35(31)24-36(32)43)27-15-5-2-6-16-27/h2-3,5-21,23-24,28,30,34,37-41H,1,4,22H2/t28?,30?,34?,37?,38?,39-/m1/s1.